The van der Waals surface area contributed by atoms with Crippen LogP contribution in [-0.2, 0) is 18.0 Å². The Bertz CT molecular complexity index is 318. The fourth-order valence-electron chi connectivity index (χ4n) is 0.895. The van der Waals surface area contributed by atoms with E-state index in [1.807, 2.05) is 39.3 Å². The van der Waals surface area contributed by atoms with Gasteiger partial charge in [0.05, 0.1) is 6.61 Å². The Labute approximate surface area is 105 Å². The highest BCUT2D eigenvalue weighted by atomic mass is 31.4. The fourth-order valence-corrected chi connectivity index (χ4v) is 11.5. The summed E-state index contributed by atoms with van der Waals surface area (Å²) in [5.74, 6) is 0. The molecule has 102 valence electrons. The minimum absolute atomic E-state index is 0.192. The third kappa shape index (κ3) is 5.85. The van der Waals surface area contributed by atoms with E-state index in [0.29, 0.717) is 0 Å². The van der Waals surface area contributed by atoms with Gasteiger partial charge >= 0.3 is 13.3 Å². The van der Waals surface area contributed by atoms with E-state index in [1.165, 1.54) is 0 Å². The zero-order chi connectivity index (χ0) is 13.9. The normalized spacial score (nSPS) is 16.2. The van der Waals surface area contributed by atoms with Crippen LogP contribution in [0.4, 0.5) is 4.79 Å². The molecule has 0 saturated heterocycles. The molecule has 0 amide bonds. The van der Waals surface area contributed by atoms with Gasteiger partial charge in [-0.1, -0.05) is 19.6 Å². The van der Waals surface area contributed by atoms with E-state index in [1.54, 1.807) is 6.92 Å². The molecule has 5 nitrogen and oxygen atoms in total. The van der Waals surface area contributed by atoms with Crippen LogP contribution in [0, 0.1) is 0 Å². The lowest BCUT2D eigenvalue weighted by Crippen LogP contribution is -2.33. The molecule has 0 spiro atoms. The number of hydrogen-bond acceptors (Lipinski definition) is 5. The van der Waals surface area contributed by atoms with Crippen LogP contribution < -0.4 is 0 Å². The Balaban J connectivity index is 5.01. The van der Waals surface area contributed by atoms with E-state index in [0.717, 1.165) is 0 Å². The van der Waals surface area contributed by atoms with Gasteiger partial charge in [-0.3, -0.25) is 4.57 Å². The first-order chi connectivity index (χ1) is 7.41. The van der Waals surface area contributed by atoms with Gasteiger partial charge in [-0.15, -0.1) is 0 Å². The molecular formula is C9H23O5PSi2. The molecule has 0 aliphatic rings. The van der Waals surface area contributed by atoms with Gasteiger partial charge in [-0.25, -0.2) is 4.79 Å². The molecule has 1 unspecified atom stereocenters. The predicted octanol–water partition coefficient (Wildman–Crippen LogP) is 4.04. The molecule has 0 heterocycles. The molecular weight excluding hydrogens is 275 g/mol. The molecule has 0 aromatic rings. The van der Waals surface area contributed by atoms with Crippen LogP contribution in [0.3, 0.4) is 0 Å². The van der Waals surface area contributed by atoms with Crippen LogP contribution in [0.2, 0.25) is 39.3 Å². The molecule has 0 N–H and O–H groups in total. The third-order valence-electron chi connectivity index (χ3n) is 1.67. The van der Waals surface area contributed by atoms with Crippen molar-refractivity contribution in [2.24, 2.45) is 0 Å². The Kier molecular flexibility index (Phi) is 5.65. The maximum Gasteiger partial charge on any atom is 0.514 e. The maximum atomic E-state index is 12.7. The highest BCUT2D eigenvalue weighted by Crippen LogP contribution is 2.59. The Morgan fingerprint density at radius 3 is 1.88 bits per heavy atom. The van der Waals surface area contributed by atoms with Crippen molar-refractivity contribution in [3.05, 3.63) is 0 Å². The van der Waals surface area contributed by atoms with Crippen molar-refractivity contribution in [1.29, 1.82) is 0 Å². The number of rotatable bonds is 5. The summed E-state index contributed by atoms with van der Waals surface area (Å²) in [6.45, 7) is 13.2. The Hall–Kier alpha value is -0.106. The van der Waals surface area contributed by atoms with Gasteiger partial charge < -0.3 is 13.5 Å². The molecule has 0 aliphatic carbocycles. The summed E-state index contributed by atoms with van der Waals surface area (Å²) in [6.07, 6.45) is -0.906. The van der Waals surface area contributed by atoms with Gasteiger partial charge in [0, 0.05) is 0 Å². The summed E-state index contributed by atoms with van der Waals surface area (Å²) in [5, 5.41) is 0. The number of carbonyl (C=O) groups excluding carboxylic acids is 1. The minimum atomic E-state index is -3.38. The molecule has 8 heteroatoms. The summed E-state index contributed by atoms with van der Waals surface area (Å²) in [6, 6.07) is 0. The maximum absolute atomic E-state index is 12.7. The summed E-state index contributed by atoms with van der Waals surface area (Å²) >= 11 is 0. The monoisotopic (exact) mass is 298 g/mol. The molecule has 0 aromatic heterocycles. The third-order valence-corrected chi connectivity index (χ3v) is 12.9. The predicted molar refractivity (Wildman–Crippen MR) is 73.5 cm³/mol. The van der Waals surface area contributed by atoms with Crippen molar-refractivity contribution in [3.8, 4) is 0 Å². The summed E-state index contributed by atoms with van der Waals surface area (Å²) in [5.41, 5.74) is 0. The highest BCUT2D eigenvalue weighted by molar-refractivity contribution is 7.93. The van der Waals surface area contributed by atoms with E-state index in [4.69, 9.17) is 8.74 Å². The van der Waals surface area contributed by atoms with E-state index in [9.17, 15) is 9.36 Å². The van der Waals surface area contributed by atoms with Crippen molar-refractivity contribution in [2.45, 2.75) is 46.2 Å². The summed E-state index contributed by atoms with van der Waals surface area (Å²) in [7, 11) is -7.71. The lowest BCUT2D eigenvalue weighted by atomic mass is 10.9. The zero-order valence-electron chi connectivity index (χ0n) is 11.7. The number of carbonyl (C=O) groups is 1. The Morgan fingerprint density at radius 2 is 1.59 bits per heavy atom. The molecule has 0 bridgehead atoms. The van der Waals surface area contributed by atoms with Gasteiger partial charge in [0.1, 0.15) is 0 Å². The second-order valence-corrected chi connectivity index (χ2v) is 21.8. The Morgan fingerprint density at radius 1 is 1.12 bits per heavy atom. The molecule has 0 rings (SSSR count). The van der Waals surface area contributed by atoms with Crippen molar-refractivity contribution in [3.63, 3.8) is 0 Å². The number of ether oxygens (including phenoxy) is 1. The molecule has 1 atom stereocenters. The fraction of sp³-hybridized carbons (Fsp3) is 0.889. The highest BCUT2D eigenvalue weighted by Gasteiger charge is 2.47. The van der Waals surface area contributed by atoms with Crippen molar-refractivity contribution in [1.82, 2.24) is 0 Å². The topological polar surface area (TPSA) is 61.8 Å². The van der Waals surface area contributed by atoms with Crippen molar-refractivity contribution in [2.75, 3.05) is 6.61 Å². The molecule has 0 aromatic carbocycles. The van der Waals surface area contributed by atoms with E-state index in [2.05, 4.69) is 4.74 Å². The second-order valence-electron chi connectivity index (χ2n) is 5.65. The summed E-state index contributed by atoms with van der Waals surface area (Å²) in [4.78, 5) is 11.3. The minimum Gasteiger partial charge on any atom is -0.434 e. The molecule has 0 saturated carbocycles. The molecule has 0 fully saturated rings. The van der Waals surface area contributed by atoms with E-state index in [-0.39, 0.29) is 6.61 Å². The van der Waals surface area contributed by atoms with E-state index >= 15 is 0 Å². The van der Waals surface area contributed by atoms with Gasteiger partial charge in [-0.05, 0) is 26.6 Å². The second kappa shape index (κ2) is 5.69. The van der Waals surface area contributed by atoms with Crippen LogP contribution in [0.5, 0.6) is 0 Å². The number of hydrogen-bond donors (Lipinski definition) is 0. The van der Waals surface area contributed by atoms with Crippen LogP contribution in [0.25, 0.3) is 0 Å². The van der Waals surface area contributed by atoms with Crippen molar-refractivity contribution >= 4 is 29.4 Å². The smallest absolute Gasteiger partial charge is 0.434 e. The lowest BCUT2D eigenvalue weighted by molar-refractivity contribution is 0.102. The largest absolute Gasteiger partial charge is 0.514 e. The first kappa shape index (κ1) is 16.9. The molecule has 17 heavy (non-hydrogen) atoms. The van der Waals surface area contributed by atoms with Gasteiger partial charge in [0.25, 0.3) is 0 Å². The van der Waals surface area contributed by atoms with Crippen LogP contribution in [0.1, 0.15) is 6.92 Å². The van der Waals surface area contributed by atoms with Crippen LogP contribution >= 0.6 is 7.14 Å². The standard InChI is InChI=1S/C9H23O5PSi2/c1-8-12-9(10)13-15(11,17(5,6)7)14-16(2,3)4/h8H2,1-7H3. The van der Waals surface area contributed by atoms with Gasteiger partial charge in [0.2, 0.25) is 0 Å². The van der Waals surface area contributed by atoms with Gasteiger partial charge in [-0.2, -0.15) is 0 Å². The van der Waals surface area contributed by atoms with Crippen molar-refractivity contribution < 1.29 is 22.8 Å². The average molecular weight is 298 g/mol. The van der Waals surface area contributed by atoms with Crippen LogP contribution in [-0.4, -0.2) is 28.8 Å². The lowest BCUT2D eigenvalue weighted by Gasteiger charge is -2.32. The molecule has 0 aliphatic heterocycles. The SMILES string of the molecule is CCOC(=O)OP(=O)(O[Si](C)(C)C)[Si](C)(C)C. The average Bonchev–Trinajstić information content (AvgIpc) is 1.97. The summed E-state index contributed by atoms with van der Waals surface area (Å²) < 4.78 is 28.0. The van der Waals surface area contributed by atoms with Crippen LogP contribution in [0.15, 0.2) is 0 Å². The van der Waals surface area contributed by atoms with Gasteiger partial charge in [0.15, 0.2) is 16.1 Å². The quantitative estimate of drug-likeness (QED) is 0.435. The zero-order valence-corrected chi connectivity index (χ0v) is 14.6. The first-order valence-electron chi connectivity index (χ1n) is 5.58. The molecule has 0 radical (unpaired) electrons. The van der Waals surface area contributed by atoms with E-state index < -0.39 is 29.4 Å². The first-order valence-corrected chi connectivity index (χ1v) is 14.9.